The number of halogens is 5. The molecular formula is C18H11BrClF3O3. The van der Waals surface area contributed by atoms with Gasteiger partial charge in [0.15, 0.2) is 5.78 Å². The number of esters is 1. The van der Waals surface area contributed by atoms with Crippen molar-refractivity contribution < 1.29 is 27.5 Å². The molecule has 2 aromatic carbocycles. The number of benzene rings is 2. The van der Waals surface area contributed by atoms with Gasteiger partial charge in [0.2, 0.25) is 0 Å². The van der Waals surface area contributed by atoms with Crippen LogP contribution in [0.1, 0.15) is 15.9 Å². The molecular weight excluding hydrogens is 437 g/mol. The fraction of sp³-hybridized carbons (Fsp3) is 0.111. The topological polar surface area (TPSA) is 43.4 Å². The first-order chi connectivity index (χ1) is 12.2. The molecule has 0 amide bonds. The number of carbonyl (C=O) groups excluding carboxylic acids is 2. The van der Waals surface area contributed by atoms with Crippen molar-refractivity contribution in [2.45, 2.75) is 12.8 Å². The summed E-state index contributed by atoms with van der Waals surface area (Å²) in [5.41, 5.74) is -1.19. The smallest absolute Gasteiger partial charge is 0.423 e. The number of allylic oxidation sites excluding steroid dienone is 1. The van der Waals surface area contributed by atoms with Crippen molar-refractivity contribution in [1.29, 1.82) is 0 Å². The van der Waals surface area contributed by atoms with E-state index in [9.17, 15) is 22.8 Å². The number of ether oxygens (including phenoxy) is 1. The molecule has 0 fully saturated rings. The summed E-state index contributed by atoms with van der Waals surface area (Å²) in [5.74, 6) is -2.58. The molecule has 0 aliphatic carbocycles. The number of alkyl halides is 3. The standard InChI is InChI=1S/C18H11BrClF3O3/c19-13-5-3-12(4-6-13)16(24)9-15(18(21,22)23)17(25)26-10-11-1-7-14(20)8-2-11/h1-9H,10H2/b15-9-. The van der Waals surface area contributed by atoms with Gasteiger partial charge < -0.3 is 4.74 Å². The molecule has 0 aromatic heterocycles. The number of ketones is 1. The second-order valence-electron chi connectivity index (χ2n) is 5.13. The molecule has 0 radical (unpaired) electrons. The minimum Gasteiger partial charge on any atom is -0.457 e. The number of hydrogen-bond donors (Lipinski definition) is 0. The van der Waals surface area contributed by atoms with Crippen molar-refractivity contribution in [1.82, 2.24) is 0 Å². The van der Waals surface area contributed by atoms with Gasteiger partial charge in [0.25, 0.3) is 0 Å². The zero-order valence-electron chi connectivity index (χ0n) is 13.0. The molecule has 2 aromatic rings. The molecule has 26 heavy (non-hydrogen) atoms. The molecule has 8 heteroatoms. The monoisotopic (exact) mass is 446 g/mol. The third-order valence-electron chi connectivity index (χ3n) is 3.21. The minimum absolute atomic E-state index is 0.0143. The highest BCUT2D eigenvalue weighted by molar-refractivity contribution is 9.10. The molecule has 136 valence electrons. The third-order valence-corrected chi connectivity index (χ3v) is 3.99. The van der Waals surface area contributed by atoms with Crippen molar-refractivity contribution in [3.05, 3.63) is 80.8 Å². The first-order valence-electron chi connectivity index (χ1n) is 7.17. The molecule has 2 rings (SSSR count). The Balaban J connectivity index is 2.17. The van der Waals surface area contributed by atoms with Crippen LogP contribution in [0.3, 0.4) is 0 Å². The maximum Gasteiger partial charge on any atom is 0.423 e. The average molecular weight is 448 g/mol. The largest absolute Gasteiger partial charge is 0.457 e. The van der Waals surface area contributed by atoms with E-state index in [-0.39, 0.29) is 18.2 Å². The van der Waals surface area contributed by atoms with Gasteiger partial charge >= 0.3 is 12.1 Å². The van der Waals surface area contributed by atoms with Gasteiger partial charge in [0.05, 0.1) is 0 Å². The molecule has 0 bridgehead atoms. The van der Waals surface area contributed by atoms with Crippen molar-refractivity contribution in [2.24, 2.45) is 0 Å². The molecule has 0 saturated carbocycles. The maximum atomic E-state index is 13.1. The summed E-state index contributed by atoms with van der Waals surface area (Å²) >= 11 is 8.86. The SMILES string of the molecule is O=C(OCc1ccc(Cl)cc1)/C(=C/C(=O)c1ccc(Br)cc1)C(F)(F)F. The Morgan fingerprint density at radius 3 is 2.15 bits per heavy atom. The normalized spacial score (nSPS) is 12.0. The Morgan fingerprint density at radius 1 is 1.04 bits per heavy atom. The second kappa shape index (κ2) is 8.51. The summed E-state index contributed by atoms with van der Waals surface area (Å²) in [6.45, 7) is -0.379. The predicted octanol–water partition coefficient (Wildman–Crippen LogP) is 5.52. The van der Waals surface area contributed by atoms with E-state index in [0.717, 1.165) is 0 Å². The Morgan fingerprint density at radius 2 is 1.62 bits per heavy atom. The summed E-state index contributed by atoms with van der Waals surface area (Å²) in [6.07, 6.45) is -4.78. The Kier molecular flexibility index (Phi) is 6.61. The average Bonchev–Trinajstić information content (AvgIpc) is 2.58. The summed E-state index contributed by atoms with van der Waals surface area (Å²) in [4.78, 5) is 23.9. The zero-order valence-corrected chi connectivity index (χ0v) is 15.4. The minimum atomic E-state index is -5.03. The molecule has 0 aliphatic heterocycles. The predicted molar refractivity (Wildman–Crippen MR) is 93.9 cm³/mol. The van der Waals surface area contributed by atoms with Crippen molar-refractivity contribution >= 4 is 39.3 Å². The Labute approximate surface area is 160 Å². The summed E-state index contributed by atoms with van der Waals surface area (Å²) in [5, 5.41) is 0.441. The van der Waals surface area contributed by atoms with E-state index in [1.807, 2.05) is 0 Å². The highest BCUT2D eigenvalue weighted by atomic mass is 79.9. The van der Waals surface area contributed by atoms with Gasteiger partial charge in [0, 0.05) is 21.1 Å². The van der Waals surface area contributed by atoms with Crippen LogP contribution in [0, 0.1) is 0 Å². The highest BCUT2D eigenvalue weighted by Gasteiger charge is 2.40. The van der Waals surface area contributed by atoms with Crippen LogP contribution >= 0.6 is 27.5 Å². The lowest BCUT2D eigenvalue weighted by Gasteiger charge is -2.11. The van der Waals surface area contributed by atoms with Gasteiger partial charge in [-0.3, -0.25) is 4.79 Å². The van der Waals surface area contributed by atoms with Crippen molar-refractivity contribution in [2.75, 3.05) is 0 Å². The molecule has 0 atom stereocenters. The van der Waals surface area contributed by atoms with Crippen LogP contribution in [0.15, 0.2) is 64.7 Å². The lowest BCUT2D eigenvalue weighted by atomic mass is 10.1. The fourth-order valence-electron chi connectivity index (χ4n) is 1.89. The van der Waals surface area contributed by atoms with Crippen LogP contribution in [0.5, 0.6) is 0 Å². The Bertz CT molecular complexity index is 828. The van der Waals surface area contributed by atoms with Gasteiger partial charge in [-0.15, -0.1) is 0 Å². The van der Waals surface area contributed by atoms with E-state index in [1.165, 1.54) is 48.5 Å². The van der Waals surface area contributed by atoms with Crippen LogP contribution < -0.4 is 0 Å². The summed E-state index contributed by atoms with van der Waals surface area (Å²) < 4.78 is 44.8. The summed E-state index contributed by atoms with van der Waals surface area (Å²) in [6, 6.07) is 11.8. The molecule has 0 aliphatic rings. The lowest BCUT2D eigenvalue weighted by Crippen LogP contribution is -2.23. The molecule has 0 heterocycles. The van der Waals surface area contributed by atoms with Crippen LogP contribution in [0.25, 0.3) is 0 Å². The van der Waals surface area contributed by atoms with Crippen molar-refractivity contribution in [3.8, 4) is 0 Å². The molecule has 0 unspecified atom stereocenters. The van der Waals surface area contributed by atoms with Crippen LogP contribution in [0.4, 0.5) is 13.2 Å². The first kappa shape index (κ1) is 20.2. The van der Waals surface area contributed by atoms with Crippen molar-refractivity contribution in [3.63, 3.8) is 0 Å². The van der Waals surface area contributed by atoms with E-state index in [0.29, 0.717) is 15.1 Å². The van der Waals surface area contributed by atoms with Crippen LogP contribution in [-0.4, -0.2) is 17.9 Å². The Hall–Kier alpha value is -2.12. The van der Waals surface area contributed by atoms with Gasteiger partial charge in [-0.2, -0.15) is 13.2 Å². The lowest BCUT2D eigenvalue weighted by molar-refractivity contribution is -0.151. The van der Waals surface area contributed by atoms with Crippen LogP contribution in [-0.2, 0) is 16.1 Å². The molecule has 0 N–H and O–H groups in total. The number of carbonyl (C=O) groups is 2. The molecule has 0 saturated heterocycles. The van der Waals surface area contributed by atoms with Crippen LogP contribution in [0.2, 0.25) is 5.02 Å². The van der Waals surface area contributed by atoms with E-state index in [4.69, 9.17) is 11.6 Å². The van der Waals surface area contributed by atoms with E-state index < -0.39 is 23.5 Å². The van der Waals surface area contributed by atoms with E-state index >= 15 is 0 Å². The first-order valence-corrected chi connectivity index (χ1v) is 8.34. The third kappa shape index (κ3) is 5.71. The van der Waals surface area contributed by atoms with Gasteiger partial charge in [-0.1, -0.05) is 39.7 Å². The summed E-state index contributed by atoms with van der Waals surface area (Å²) in [7, 11) is 0. The number of rotatable bonds is 5. The molecule has 0 spiro atoms. The van der Waals surface area contributed by atoms with E-state index in [2.05, 4.69) is 20.7 Å². The zero-order chi connectivity index (χ0) is 19.3. The van der Waals surface area contributed by atoms with Gasteiger partial charge in [0.1, 0.15) is 12.2 Å². The molecule has 3 nitrogen and oxygen atoms in total. The van der Waals surface area contributed by atoms with E-state index in [1.54, 1.807) is 0 Å². The maximum absolute atomic E-state index is 13.1. The number of hydrogen-bond acceptors (Lipinski definition) is 3. The van der Waals surface area contributed by atoms with Gasteiger partial charge in [-0.05, 0) is 42.0 Å². The quantitative estimate of drug-likeness (QED) is 0.344. The fourth-order valence-corrected chi connectivity index (χ4v) is 2.28. The van der Waals surface area contributed by atoms with Gasteiger partial charge in [-0.25, -0.2) is 4.79 Å². The highest BCUT2D eigenvalue weighted by Crippen LogP contribution is 2.27. The second-order valence-corrected chi connectivity index (χ2v) is 6.48.